The van der Waals surface area contributed by atoms with Crippen LogP contribution in [-0.4, -0.2) is 43.7 Å². The van der Waals surface area contributed by atoms with Gasteiger partial charge in [0, 0.05) is 38.9 Å². The van der Waals surface area contributed by atoms with E-state index in [1.807, 2.05) is 4.90 Å². The van der Waals surface area contributed by atoms with E-state index in [1.165, 1.54) is 17.2 Å². The average Bonchev–Trinajstić information content (AvgIpc) is 3.16. The Bertz CT molecular complexity index is 759. The molecule has 144 valence electrons. The zero-order valence-electron chi connectivity index (χ0n) is 16.1. The van der Waals surface area contributed by atoms with Crippen molar-refractivity contribution in [1.82, 2.24) is 15.6 Å². The molecule has 1 saturated heterocycles. The lowest BCUT2D eigenvalue weighted by Crippen LogP contribution is -2.45. The quantitative estimate of drug-likeness (QED) is 0.607. The molecule has 1 aromatic heterocycles. The Morgan fingerprint density at radius 2 is 2.04 bits per heavy atom. The summed E-state index contributed by atoms with van der Waals surface area (Å²) in [4.78, 5) is 10.5. The number of nitrogens with one attached hydrogen (secondary N) is 2. The van der Waals surface area contributed by atoms with E-state index in [1.54, 1.807) is 19.3 Å². The molecule has 0 radical (unpaired) electrons. The van der Waals surface area contributed by atoms with Gasteiger partial charge in [-0.1, -0.05) is 31.2 Å². The van der Waals surface area contributed by atoms with Gasteiger partial charge in [0.15, 0.2) is 17.6 Å². The molecule has 1 aromatic carbocycles. The second-order valence-electron chi connectivity index (χ2n) is 6.80. The van der Waals surface area contributed by atoms with Crippen LogP contribution in [0.4, 0.5) is 10.2 Å². The van der Waals surface area contributed by atoms with E-state index in [9.17, 15) is 4.39 Å². The van der Waals surface area contributed by atoms with E-state index in [0.29, 0.717) is 12.4 Å². The maximum Gasteiger partial charge on any atom is 0.191 e. The summed E-state index contributed by atoms with van der Waals surface area (Å²) in [7, 11) is 1.77. The number of aryl methyl sites for hydroxylation is 1. The van der Waals surface area contributed by atoms with Gasteiger partial charge in [-0.2, -0.15) is 0 Å². The van der Waals surface area contributed by atoms with Crippen LogP contribution in [-0.2, 0) is 12.8 Å². The van der Waals surface area contributed by atoms with Gasteiger partial charge in [0.2, 0.25) is 0 Å². The van der Waals surface area contributed by atoms with Crippen LogP contribution in [0.2, 0.25) is 0 Å². The second kappa shape index (κ2) is 9.35. The highest BCUT2D eigenvalue weighted by molar-refractivity contribution is 5.80. The first-order valence-corrected chi connectivity index (χ1v) is 9.60. The Morgan fingerprint density at radius 3 is 2.74 bits per heavy atom. The van der Waals surface area contributed by atoms with Crippen LogP contribution in [0.25, 0.3) is 0 Å². The Hall–Kier alpha value is -2.63. The van der Waals surface area contributed by atoms with E-state index in [-0.39, 0.29) is 11.9 Å². The number of halogens is 1. The first kappa shape index (κ1) is 19.1. The van der Waals surface area contributed by atoms with Crippen molar-refractivity contribution in [3.05, 3.63) is 59.5 Å². The van der Waals surface area contributed by atoms with E-state index in [2.05, 4.69) is 51.8 Å². The Morgan fingerprint density at radius 1 is 1.26 bits per heavy atom. The summed E-state index contributed by atoms with van der Waals surface area (Å²) < 4.78 is 13.9. The van der Waals surface area contributed by atoms with Crippen molar-refractivity contribution in [1.29, 1.82) is 0 Å². The van der Waals surface area contributed by atoms with Crippen molar-refractivity contribution in [3.8, 4) is 0 Å². The van der Waals surface area contributed by atoms with Crippen LogP contribution in [0.5, 0.6) is 0 Å². The number of hydrogen-bond acceptors (Lipinski definition) is 3. The van der Waals surface area contributed by atoms with Crippen molar-refractivity contribution in [2.75, 3.05) is 31.6 Å². The molecule has 2 aromatic rings. The number of pyridine rings is 1. The minimum atomic E-state index is -0.269. The first-order chi connectivity index (χ1) is 13.2. The highest BCUT2D eigenvalue weighted by Gasteiger charge is 2.25. The molecule has 0 saturated carbocycles. The van der Waals surface area contributed by atoms with Crippen molar-refractivity contribution in [2.24, 2.45) is 4.99 Å². The molecule has 0 amide bonds. The van der Waals surface area contributed by atoms with Gasteiger partial charge in [-0.15, -0.1) is 0 Å². The molecule has 0 bridgehead atoms. The molecule has 0 spiro atoms. The lowest BCUT2D eigenvalue weighted by molar-refractivity contribution is 0.612. The third-order valence-corrected chi connectivity index (χ3v) is 4.93. The van der Waals surface area contributed by atoms with Crippen LogP contribution < -0.4 is 15.5 Å². The molecule has 27 heavy (non-hydrogen) atoms. The SMILES string of the molecule is CCc1ccc(CCNC(=NC)NC2CCN(c3ncccc3F)C2)cc1. The summed E-state index contributed by atoms with van der Waals surface area (Å²) in [6.45, 7) is 4.48. The zero-order chi connectivity index (χ0) is 19.1. The minimum absolute atomic E-state index is 0.224. The average molecular weight is 369 g/mol. The summed E-state index contributed by atoms with van der Waals surface area (Å²) in [6.07, 6.45) is 4.57. The fraction of sp³-hybridized carbons (Fsp3) is 0.429. The van der Waals surface area contributed by atoms with Crippen molar-refractivity contribution >= 4 is 11.8 Å². The summed E-state index contributed by atoms with van der Waals surface area (Å²) in [5.41, 5.74) is 2.67. The molecule has 2 heterocycles. The number of nitrogens with zero attached hydrogens (tertiary/aromatic N) is 3. The third kappa shape index (κ3) is 5.18. The predicted molar refractivity (Wildman–Crippen MR) is 109 cm³/mol. The van der Waals surface area contributed by atoms with Crippen LogP contribution in [0.15, 0.2) is 47.6 Å². The predicted octanol–water partition coefficient (Wildman–Crippen LogP) is 2.77. The van der Waals surface area contributed by atoms with Crippen molar-refractivity contribution in [3.63, 3.8) is 0 Å². The van der Waals surface area contributed by atoms with Crippen LogP contribution >= 0.6 is 0 Å². The number of benzene rings is 1. The summed E-state index contributed by atoms with van der Waals surface area (Å²) in [6, 6.07) is 12.0. The minimum Gasteiger partial charge on any atom is -0.356 e. The van der Waals surface area contributed by atoms with Gasteiger partial charge in [-0.05, 0) is 42.5 Å². The standard InChI is InChI=1S/C21H28FN5/c1-3-16-6-8-17(9-7-16)10-13-25-21(23-2)26-18-11-14-27(15-18)20-19(22)5-4-12-24-20/h4-9,12,18H,3,10-11,13-15H2,1-2H3,(H2,23,25,26). The lowest BCUT2D eigenvalue weighted by Gasteiger charge is -2.20. The fourth-order valence-electron chi connectivity index (χ4n) is 3.34. The molecule has 1 fully saturated rings. The molecule has 6 heteroatoms. The Labute approximate surface area is 160 Å². The number of aromatic nitrogens is 1. The number of anilines is 1. The largest absolute Gasteiger partial charge is 0.356 e. The summed E-state index contributed by atoms with van der Waals surface area (Å²) in [5.74, 6) is 0.948. The molecule has 1 aliphatic rings. The molecular weight excluding hydrogens is 341 g/mol. The van der Waals surface area contributed by atoms with Crippen LogP contribution in [0.1, 0.15) is 24.5 Å². The number of guanidine groups is 1. The maximum absolute atomic E-state index is 13.9. The number of aliphatic imine (C=N–C) groups is 1. The molecule has 3 rings (SSSR count). The van der Waals surface area contributed by atoms with Gasteiger partial charge in [-0.25, -0.2) is 9.37 Å². The Balaban J connectivity index is 1.45. The van der Waals surface area contributed by atoms with E-state index in [4.69, 9.17) is 0 Å². The molecule has 1 atom stereocenters. The Kier molecular flexibility index (Phi) is 6.63. The van der Waals surface area contributed by atoms with Gasteiger partial charge in [0.05, 0.1) is 0 Å². The molecule has 1 aliphatic heterocycles. The lowest BCUT2D eigenvalue weighted by atomic mass is 10.1. The molecule has 2 N–H and O–H groups in total. The van der Waals surface area contributed by atoms with Gasteiger partial charge >= 0.3 is 0 Å². The molecular formula is C21H28FN5. The highest BCUT2D eigenvalue weighted by atomic mass is 19.1. The van der Waals surface area contributed by atoms with Crippen molar-refractivity contribution in [2.45, 2.75) is 32.2 Å². The normalized spacial score (nSPS) is 17.2. The molecule has 0 aliphatic carbocycles. The fourth-order valence-corrected chi connectivity index (χ4v) is 3.34. The summed E-state index contributed by atoms with van der Waals surface area (Å²) in [5, 5.41) is 6.81. The smallest absolute Gasteiger partial charge is 0.191 e. The third-order valence-electron chi connectivity index (χ3n) is 4.93. The van der Waals surface area contributed by atoms with Gasteiger partial charge in [0.1, 0.15) is 0 Å². The van der Waals surface area contributed by atoms with Crippen LogP contribution in [0, 0.1) is 5.82 Å². The maximum atomic E-state index is 13.9. The van der Waals surface area contributed by atoms with Gasteiger partial charge in [-0.3, -0.25) is 4.99 Å². The van der Waals surface area contributed by atoms with Crippen LogP contribution in [0.3, 0.4) is 0 Å². The topological polar surface area (TPSA) is 52.6 Å². The number of hydrogen-bond donors (Lipinski definition) is 2. The second-order valence-corrected chi connectivity index (χ2v) is 6.80. The first-order valence-electron chi connectivity index (χ1n) is 9.60. The van der Waals surface area contributed by atoms with E-state index < -0.39 is 0 Å². The highest BCUT2D eigenvalue weighted by Crippen LogP contribution is 2.20. The monoisotopic (exact) mass is 369 g/mol. The van der Waals surface area contributed by atoms with Crippen molar-refractivity contribution < 1.29 is 4.39 Å². The van der Waals surface area contributed by atoms with Gasteiger partial charge < -0.3 is 15.5 Å². The number of rotatable bonds is 6. The zero-order valence-corrected chi connectivity index (χ0v) is 16.1. The van der Waals surface area contributed by atoms with Gasteiger partial charge in [0.25, 0.3) is 0 Å². The molecule has 5 nitrogen and oxygen atoms in total. The van der Waals surface area contributed by atoms with E-state index >= 15 is 0 Å². The summed E-state index contributed by atoms with van der Waals surface area (Å²) >= 11 is 0. The molecule has 1 unspecified atom stereocenters. The van der Waals surface area contributed by atoms with E-state index in [0.717, 1.165) is 38.3 Å².